The molecule has 1 N–H and O–H groups in total. The second kappa shape index (κ2) is 7.60. The van der Waals surface area contributed by atoms with Gasteiger partial charge in [-0.3, -0.25) is 10.1 Å². The molecule has 0 saturated carbocycles. The molecule has 1 heterocycles. The number of piperidine rings is 1. The van der Waals surface area contributed by atoms with E-state index in [1.807, 2.05) is 17.0 Å². The van der Waals surface area contributed by atoms with Crippen molar-refractivity contribution in [3.05, 3.63) is 68.2 Å². The van der Waals surface area contributed by atoms with Gasteiger partial charge >= 0.3 is 0 Å². The number of anilines is 1. The summed E-state index contributed by atoms with van der Waals surface area (Å²) in [6, 6.07) is 12.0. The predicted molar refractivity (Wildman–Crippen MR) is 99.5 cm³/mol. The van der Waals surface area contributed by atoms with Crippen LogP contribution in [0.25, 0.3) is 0 Å². The van der Waals surface area contributed by atoms with Crippen LogP contribution in [0.1, 0.15) is 24.5 Å². The van der Waals surface area contributed by atoms with Crippen LogP contribution >= 0.6 is 23.2 Å². The molecular formula is C18H18Cl2N2O3. The van der Waals surface area contributed by atoms with E-state index in [1.165, 1.54) is 6.07 Å². The highest BCUT2D eigenvalue weighted by Gasteiger charge is 2.29. The van der Waals surface area contributed by atoms with Gasteiger partial charge in [-0.05, 0) is 48.6 Å². The summed E-state index contributed by atoms with van der Waals surface area (Å²) in [7, 11) is 0. The van der Waals surface area contributed by atoms with Crippen molar-refractivity contribution in [1.29, 1.82) is 0 Å². The molecular weight excluding hydrogens is 363 g/mol. The standard InChI is InChI=1S/C18H18Cl2N2O3/c19-14-3-1-12(2-4-14)18(23)13-7-9-21(10-8-13)16-6-5-15(20)11-17(16)22(24)25/h1-6,11,13,18,23H,7-10H2. The fourth-order valence-corrected chi connectivity index (χ4v) is 3.59. The van der Waals surface area contributed by atoms with E-state index in [9.17, 15) is 15.2 Å². The van der Waals surface area contributed by atoms with Crippen LogP contribution in [0.15, 0.2) is 42.5 Å². The van der Waals surface area contributed by atoms with E-state index in [2.05, 4.69) is 0 Å². The number of hydrogen-bond donors (Lipinski definition) is 1. The van der Waals surface area contributed by atoms with Crippen molar-refractivity contribution in [2.75, 3.05) is 18.0 Å². The summed E-state index contributed by atoms with van der Waals surface area (Å²) in [4.78, 5) is 12.8. The maximum absolute atomic E-state index is 11.3. The van der Waals surface area contributed by atoms with Gasteiger partial charge in [0.05, 0.1) is 11.0 Å². The number of halogens is 2. The Kier molecular flexibility index (Phi) is 5.47. The number of nitro benzene ring substituents is 1. The Morgan fingerprint density at radius 3 is 2.28 bits per heavy atom. The molecule has 1 aliphatic heterocycles. The lowest BCUT2D eigenvalue weighted by Crippen LogP contribution is -2.36. The second-order valence-corrected chi connectivity index (χ2v) is 7.08. The Balaban J connectivity index is 1.70. The van der Waals surface area contributed by atoms with Crippen molar-refractivity contribution in [3.63, 3.8) is 0 Å². The molecule has 25 heavy (non-hydrogen) atoms. The normalized spacial score (nSPS) is 16.7. The summed E-state index contributed by atoms with van der Waals surface area (Å²) in [6.45, 7) is 1.30. The molecule has 7 heteroatoms. The van der Waals surface area contributed by atoms with Crippen LogP contribution in [0.2, 0.25) is 10.0 Å². The Hall–Kier alpha value is -1.82. The lowest BCUT2D eigenvalue weighted by Gasteiger charge is -2.35. The fraction of sp³-hybridized carbons (Fsp3) is 0.333. The van der Waals surface area contributed by atoms with E-state index >= 15 is 0 Å². The maximum atomic E-state index is 11.3. The van der Waals surface area contributed by atoms with Gasteiger partial charge < -0.3 is 10.0 Å². The van der Waals surface area contributed by atoms with Crippen LogP contribution in [0.4, 0.5) is 11.4 Å². The third-order valence-electron chi connectivity index (χ3n) is 4.67. The minimum atomic E-state index is -0.556. The van der Waals surface area contributed by atoms with Gasteiger partial charge in [0.1, 0.15) is 5.69 Å². The molecule has 3 rings (SSSR count). The number of nitrogens with zero attached hydrogens (tertiary/aromatic N) is 2. The molecule has 0 aromatic heterocycles. The number of rotatable bonds is 4. The smallest absolute Gasteiger partial charge is 0.294 e. The molecule has 1 saturated heterocycles. The highest BCUT2D eigenvalue weighted by Crippen LogP contribution is 2.36. The molecule has 1 atom stereocenters. The van der Waals surface area contributed by atoms with Crippen LogP contribution in [-0.2, 0) is 0 Å². The van der Waals surface area contributed by atoms with Crippen LogP contribution in [0.3, 0.4) is 0 Å². The first-order valence-corrected chi connectivity index (χ1v) is 8.83. The zero-order chi connectivity index (χ0) is 18.0. The molecule has 1 fully saturated rings. The lowest BCUT2D eigenvalue weighted by atomic mass is 9.87. The van der Waals surface area contributed by atoms with Gasteiger partial charge in [0.2, 0.25) is 0 Å². The first kappa shape index (κ1) is 18.0. The lowest BCUT2D eigenvalue weighted by molar-refractivity contribution is -0.384. The molecule has 2 aromatic rings. The van der Waals surface area contributed by atoms with Gasteiger partial charge in [0.25, 0.3) is 5.69 Å². The quantitative estimate of drug-likeness (QED) is 0.607. The number of aliphatic hydroxyl groups is 1. The zero-order valence-electron chi connectivity index (χ0n) is 13.4. The molecule has 2 aromatic carbocycles. The minimum Gasteiger partial charge on any atom is -0.388 e. The largest absolute Gasteiger partial charge is 0.388 e. The molecule has 132 valence electrons. The maximum Gasteiger partial charge on any atom is 0.294 e. The van der Waals surface area contributed by atoms with Gasteiger partial charge in [0, 0.05) is 29.2 Å². The summed E-state index contributed by atoms with van der Waals surface area (Å²) in [5, 5.41) is 22.8. The fourth-order valence-electron chi connectivity index (χ4n) is 3.30. The van der Waals surface area contributed by atoms with Crippen molar-refractivity contribution in [2.24, 2.45) is 5.92 Å². The van der Waals surface area contributed by atoms with Crippen LogP contribution in [0, 0.1) is 16.0 Å². The minimum absolute atomic E-state index is 0.0178. The van der Waals surface area contributed by atoms with Crippen molar-refractivity contribution in [2.45, 2.75) is 18.9 Å². The average Bonchev–Trinajstić information content (AvgIpc) is 2.62. The summed E-state index contributed by atoms with van der Waals surface area (Å²) < 4.78 is 0. The van der Waals surface area contributed by atoms with E-state index < -0.39 is 11.0 Å². The number of aliphatic hydroxyl groups excluding tert-OH is 1. The van der Waals surface area contributed by atoms with Crippen molar-refractivity contribution in [3.8, 4) is 0 Å². The summed E-state index contributed by atoms with van der Waals surface area (Å²) in [5.41, 5.74) is 1.44. The Morgan fingerprint density at radius 1 is 1.08 bits per heavy atom. The highest BCUT2D eigenvalue weighted by molar-refractivity contribution is 6.31. The van der Waals surface area contributed by atoms with E-state index in [0.717, 1.165) is 18.4 Å². The van der Waals surface area contributed by atoms with E-state index in [4.69, 9.17) is 23.2 Å². The Morgan fingerprint density at radius 2 is 1.68 bits per heavy atom. The SMILES string of the molecule is O=[N+]([O-])c1cc(Cl)ccc1N1CCC(C(O)c2ccc(Cl)cc2)CC1. The molecule has 5 nitrogen and oxygen atoms in total. The van der Waals surface area contributed by atoms with E-state index in [0.29, 0.717) is 28.8 Å². The number of hydrogen-bond acceptors (Lipinski definition) is 4. The molecule has 0 aliphatic carbocycles. The number of benzene rings is 2. The Bertz CT molecular complexity index is 759. The second-order valence-electron chi connectivity index (χ2n) is 6.21. The average molecular weight is 381 g/mol. The van der Waals surface area contributed by atoms with Crippen LogP contribution in [0.5, 0.6) is 0 Å². The summed E-state index contributed by atoms with van der Waals surface area (Å²) in [6.07, 6.45) is 0.951. The zero-order valence-corrected chi connectivity index (χ0v) is 15.0. The number of nitro groups is 1. The monoisotopic (exact) mass is 380 g/mol. The van der Waals surface area contributed by atoms with Gasteiger partial charge in [-0.2, -0.15) is 0 Å². The van der Waals surface area contributed by atoms with Gasteiger partial charge in [-0.15, -0.1) is 0 Å². The first-order valence-electron chi connectivity index (χ1n) is 8.08. The molecule has 1 unspecified atom stereocenters. The van der Waals surface area contributed by atoms with Crippen molar-refractivity contribution >= 4 is 34.6 Å². The third kappa shape index (κ3) is 4.06. The molecule has 1 aliphatic rings. The van der Waals surface area contributed by atoms with Gasteiger partial charge in [0.15, 0.2) is 0 Å². The Labute approximate surface area is 155 Å². The highest BCUT2D eigenvalue weighted by atomic mass is 35.5. The van der Waals surface area contributed by atoms with Crippen LogP contribution in [-0.4, -0.2) is 23.1 Å². The summed E-state index contributed by atoms with van der Waals surface area (Å²) in [5.74, 6) is 0.115. The topological polar surface area (TPSA) is 66.6 Å². The molecule has 0 spiro atoms. The molecule has 0 amide bonds. The first-order chi connectivity index (χ1) is 12.0. The summed E-state index contributed by atoms with van der Waals surface area (Å²) >= 11 is 11.8. The van der Waals surface area contributed by atoms with E-state index in [1.54, 1.807) is 24.3 Å². The molecule has 0 bridgehead atoms. The molecule has 0 radical (unpaired) electrons. The van der Waals surface area contributed by atoms with Gasteiger partial charge in [-0.25, -0.2) is 0 Å². The van der Waals surface area contributed by atoms with E-state index in [-0.39, 0.29) is 11.6 Å². The predicted octanol–water partition coefficient (Wildman–Crippen LogP) is 4.85. The third-order valence-corrected chi connectivity index (χ3v) is 5.16. The van der Waals surface area contributed by atoms with Crippen molar-refractivity contribution in [1.82, 2.24) is 0 Å². The van der Waals surface area contributed by atoms with Crippen LogP contribution < -0.4 is 4.90 Å². The van der Waals surface area contributed by atoms with Gasteiger partial charge in [-0.1, -0.05) is 35.3 Å². The van der Waals surface area contributed by atoms with Crippen molar-refractivity contribution < 1.29 is 10.0 Å².